The number of rotatable bonds is 4. The molecule has 0 heterocycles. The summed E-state index contributed by atoms with van der Waals surface area (Å²) >= 11 is 3.22. The van der Waals surface area contributed by atoms with Crippen molar-refractivity contribution in [1.29, 1.82) is 0 Å². The molecule has 0 saturated carbocycles. The summed E-state index contributed by atoms with van der Waals surface area (Å²) in [6.45, 7) is 1.98. The molecule has 4 N–H and O–H groups in total. The van der Waals surface area contributed by atoms with Crippen LogP contribution in [0.2, 0.25) is 0 Å². The van der Waals surface area contributed by atoms with Crippen molar-refractivity contribution in [2.45, 2.75) is 31.9 Å². The highest BCUT2D eigenvalue weighted by Crippen LogP contribution is 2.32. The molecule has 0 saturated heterocycles. The zero-order valence-corrected chi connectivity index (χ0v) is 11.5. The molecule has 1 rings (SSSR count). The van der Waals surface area contributed by atoms with Gasteiger partial charge in [0.15, 0.2) is 0 Å². The maximum Gasteiger partial charge on any atom is 0.134 e. The number of nitrogens with two attached hydrogens (primary N) is 1. The van der Waals surface area contributed by atoms with Crippen LogP contribution in [0.15, 0.2) is 22.7 Å². The van der Waals surface area contributed by atoms with E-state index in [9.17, 15) is 10.2 Å². The summed E-state index contributed by atoms with van der Waals surface area (Å²) < 4.78 is 0.596. The molecule has 0 bridgehead atoms. The summed E-state index contributed by atoms with van der Waals surface area (Å²) in [6, 6.07) is 4.71. The van der Waals surface area contributed by atoms with Crippen LogP contribution in [0.5, 0.6) is 5.75 Å². The van der Waals surface area contributed by atoms with E-state index in [4.69, 9.17) is 5.73 Å². The van der Waals surface area contributed by atoms with Crippen molar-refractivity contribution in [3.8, 4) is 5.75 Å². The minimum Gasteiger partial charge on any atom is -0.506 e. The maximum absolute atomic E-state index is 9.75. The average Bonchev–Trinajstić information content (AvgIpc) is 2.21. The van der Waals surface area contributed by atoms with Crippen molar-refractivity contribution >= 4 is 28.3 Å². The number of aromatic hydroxyl groups is 1. The third kappa shape index (κ3) is 3.63. The lowest BCUT2D eigenvalue weighted by Crippen LogP contribution is -2.26. The van der Waals surface area contributed by atoms with E-state index in [0.29, 0.717) is 16.5 Å². The third-order valence-electron chi connectivity index (χ3n) is 2.38. The third-order valence-corrected chi connectivity index (χ3v) is 3.02. The summed E-state index contributed by atoms with van der Waals surface area (Å²) in [5.41, 5.74) is 6.44. The number of para-hydroxylation sites is 1. The standard InChI is InChI=1S/C11H16BrNO2.ClH/c1-2-4-9(14)10(13)7-5-3-6-8(12)11(7)15;/h3,5-6,9-10,14-15H,2,4,13H2,1H3;1H/t9-,10+;/m1./s1. The molecule has 0 spiro atoms. The first-order chi connectivity index (χ1) is 7.07. The van der Waals surface area contributed by atoms with E-state index < -0.39 is 12.1 Å². The second-order valence-electron chi connectivity index (χ2n) is 3.56. The van der Waals surface area contributed by atoms with Crippen molar-refractivity contribution in [3.05, 3.63) is 28.2 Å². The Morgan fingerprint density at radius 2 is 2.06 bits per heavy atom. The van der Waals surface area contributed by atoms with Crippen LogP contribution in [-0.4, -0.2) is 16.3 Å². The van der Waals surface area contributed by atoms with Crippen molar-refractivity contribution in [1.82, 2.24) is 0 Å². The Bertz CT molecular complexity index is 336. The highest BCUT2D eigenvalue weighted by atomic mass is 79.9. The van der Waals surface area contributed by atoms with E-state index in [1.54, 1.807) is 18.2 Å². The maximum atomic E-state index is 9.75. The first-order valence-electron chi connectivity index (χ1n) is 4.99. The van der Waals surface area contributed by atoms with Gasteiger partial charge in [0, 0.05) is 5.56 Å². The van der Waals surface area contributed by atoms with Crippen molar-refractivity contribution in [3.63, 3.8) is 0 Å². The van der Waals surface area contributed by atoms with E-state index >= 15 is 0 Å². The fraction of sp³-hybridized carbons (Fsp3) is 0.455. The molecular formula is C11H17BrClNO2. The number of benzene rings is 1. The smallest absolute Gasteiger partial charge is 0.134 e. The van der Waals surface area contributed by atoms with Gasteiger partial charge in [-0.15, -0.1) is 12.4 Å². The van der Waals surface area contributed by atoms with Gasteiger partial charge in [-0.1, -0.05) is 25.5 Å². The predicted octanol–water partition coefficient (Wildman–Crippen LogP) is 2.74. The van der Waals surface area contributed by atoms with E-state index in [2.05, 4.69) is 15.9 Å². The summed E-state index contributed by atoms with van der Waals surface area (Å²) in [4.78, 5) is 0. The molecule has 0 fully saturated rings. The van der Waals surface area contributed by atoms with Gasteiger partial charge in [-0.05, 0) is 28.4 Å². The summed E-state index contributed by atoms with van der Waals surface area (Å²) in [6.07, 6.45) is 0.881. The van der Waals surface area contributed by atoms with E-state index in [1.807, 2.05) is 6.92 Å². The van der Waals surface area contributed by atoms with Crippen molar-refractivity contribution in [2.75, 3.05) is 0 Å². The molecule has 16 heavy (non-hydrogen) atoms. The molecule has 0 aliphatic rings. The van der Waals surface area contributed by atoms with Gasteiger partial charge >= 0.3 is 0 Å². The Balaban J connectivity index is 0.00000225. The van der Waals surface area contributed by atoms with Gasteiger partial charge < -0.3 is 15.9 Å². The molecule has 3 nitrogen and oxygen atoms in total. The molecular weight excluding hydrogens is 293 g/mol. The number of halogens is 2. The van der Waals surface area contributed by atoms with Gasteiger partial charge in [0.2, 0.25) is 0 Å². The van der Waals surface area contributed by atoms with Crippen LogP contribution in [0, 0.1) is 0 Å². The summed E-state index contributed by atoms with van der Waals surface area (Å²) in [5.74, 6) is 0.111. The van der Waals surface area contributed by atoms with Gasteiger partial charge in [-0.2, -0.15) is 0 Å². The molecule has 0 aliphatic heterocycles. The lowest BCUT2D eigenvalue weighted by atomic mass is 9.98. The van der Waals surface area contributed by atoms with Crippen LogP contribution in [0.25, 0.3) is 0 Å². The van der Waals surface area contributed by atoms with Gasteiger partial charge in [0.25, 0.3) is 0 Å². The Kier molecular flexibility index (Phi) is 6.99. The fourth-order valence-corrected chi connectivity index (χ4v) is 1.87. The minimum absolute atomic E-state index is 0. The Morgan fingerprint density at radius 3 is 2.62 bits per heavy atom. The van der Waals surface area contributed by atoms with Gasteiger partial charge in [0.1, 0.15) is 5.75 Å². The predicted molar refractivity (Wildman–Crippen MR) is 70.9 cm³/mol. The Morgan fingerprint density at radius 1 is 1.44 bits per heavy atom. The summed E-state index contributed by atoms with van der Waals surface area (Å²) in [5, 5.41) is 19.5. The zero-order valence-electron chi connectivity index (χ0n) is 9.06. The van der Waals surface area contributed by atoms with Crippen molar-refractivity contribution in [2.24, 2.45) is 5.73 Å². The highest BCUT2D eigenvalue weighted by Gasteiger charge is 2.19. The van der Waals surface area contributed by atoms with E-state index in [0.717, 1.165) is 6.42 Å². The molecule has 0 aromatic heterocycles. The molecule has 0 unspecified atom stereocenters. The number of aliphatic hydroxyl groups excluding tert-OH is 1. The molecule has 5 heteroatoms. The first-order valence-corrected chi connectivity index (χ1v) is 5.78. The van der Waals surface area contributed by atoms with E-state index in [1.165, 1.54) is 0 Å². The molecule has 92 valence electrons. The van der Waals surface area contributed by atoms with Crippen LogP contribution in [0.3, 0.4) is 0 Å². The van der Waals surface area contributed by atoms with Crippen LogP contribution in [-0.2, 0) is 0 Å². The van der Waals surface area contributed by atoms with E-state index in [-0.39, 0.29) is 18.2 Å². The summed E-state index contributed by atoms with van der Waals surface area (Å²) in [7, 11) is 0. The lowest BCUT2D eigenvalue weighted by molar-refractivity contribution is 0.133. The second-order valence-corrected chi connectivity index (χ2v) is 4.41. The van der Waals surface area contributed by atoms with Gasteiger partial charge in [0.05, 0.1) is 16.6 Å². The highest BCUT2D eigenvalue weighted by molar-refractivity contribution is 9.10. The Hall–Kier alpha value is -0.290. The molecule has 1 aromatic rings. The van der Waals surface area contributed by atoms with Crippen LogP contribution >= 0.6 is 28.3 Å². The molecule has 2 atom stereocenters. The number of phenolic OH excluding ortho intramolecular Hbond substituents is 1. The fourth-order valence-electron chi connectivity index (χ4n) is 1.48. The Labute approximate surface area is 110 Å². The van der Waals surface area contributed by atoms with Crippen LogP contribution in [0.1, 0.15) is 31.4 Å². The van der Waals surface area contributed by atoms with Crippen LogP contribution in [0.4, 0.5) is 0 Å². The number of hydrogen-bond acceptors (Lipinski definition) is 3. The van der Waals surface area contributed by atoms with Gasteiger partial charge in [-0.3, -0.25) is 0 Å². The lowest BCUT2D eigenvalue weighted by Gasteiger charge is -2.19. The average molecular weight is 311 g/mol. The molecule has 0 aliphatic carbocycles. The monoisotopic (exact) mass is 309 g/mol. The topological polar surface area (TPSA) is 66.5 Å². The first kappa shape index (κ1) is 15.7. The van der Waals surface area contributed by atoms with Crippen LogP contribution < -0.4 is 5.73 Å². The molecule has 0 amide bonds. The number of aliphatic hydroxyl groups is 1. The quantitative estimate of drug-likeness (QED) is 0.801. The molecule has 1 aromatic carbocycles. The largest absolute Gasteiger partial charge is 0.506 e. The SMILES string of the molecule is CCC[C@@H](O)[C@@H](N)c1cccc(Br)c1O.Cl. The van der Waals surface area contributed by atoms with Gasteiger partial charge in [-0.25, -0.2) is 0 Å². The minimum atomic E-state index is -0.616. The molecule has 0 radical (unpaired) electrons. The number of hydrogen-bond donors (Lipinski definition) is 3. The normalized spacial score (nSPS) is 14.0. The zero-order chi connectivity index (χ0) is 11.4. The number of phenols is 1. The second kappa shape index (κ2) is 7.12. The van der Waals surface area contributed by atoms with Crippen molar-refractivity contribution < 1.29 is 10.2 Å².